The normalized spacial score (nSPS) is 18.9. The topological polar surface area (TPSA) is 41.1 Å². The van der Waals surface area contributed by atoms with Crippen LogP contribution in [-0.4, -0.2) is 19.0 Å². The van der Waals surface area contributed by atoms with Gasteiger partial charge in [-0.25, -0.2) is 4.39 Å². The molecule has 2 N–H and O–H groups in total. The predicted molar refractivity (Wildman–Crippen MR) is 73.1 cm³/mol. The zero-order valence-electron chi connectivity index (χ0n) is 10.2. The molecule has 0 bridgehead atoms. The maximum atomic E-state index is 13.3. The minimum Gasteiger partial charge on any atom is -0.326 e. The van der Waals surface area contributed by atoms with Crippen LogP contribution >= 0.6 is 15.9 Å². The molecular weight excluding hydrogens is 299 g/mol. The smallest absolute Gasteiger partial charge is 0.224 e. The number of hydrogen-bond donors (Lipinski definition) is 2. The summed E-state index contributed by atoms with van der Waals surface area (Å²) in [5, 5.41) is 6.07. The Morgan fingerprint density at radius 3 is 3.06 bits per heavy atom. The predicted octanol–water partition coefficient (Wildman–Crippen LogP) is 2.83. The van der Waals surface area contributed by atoms with Crippen LogP contribution in [-0.2, 0) is 4.79 Å². The number of nitrogens with one attached hydrogen (secondary N) is 2. The molecule has 1 amide bonds. The fourth-order valence-corrected chi connectivity index (χ4v) is 2.48. The molecule has 1 unspecified atom stereocenters. The SMILES string of the molecule is Cc1cc(F)c(Br)cc1NC(=O)CC1CCNC1. The Hall–Kier alpha value is -0.940. The van der Waals surface area contributed by atoms with E-state index in [1.54, 1.807) is 13.0 Å². The van der Waals surface area contributed by atoms with Gasteiger partial charge in [-0.3, -0.25) is 4.79 Å². The average Bonchev–Trinajstić information content (AvgIpc) is 2.78. The highest BCUT2D eigenvalue weighted by molar-refractivity contribution is 9.10. The van der Waals surface area contributed by atoms with Gasteiger partial charge in [-0.15, -0.1) is 0 Å². The molecule has 1 aromatic rings. The molecule has 0 spiro atoms. The molecule has 1 fully saturated rings. The Labute approximate surface area is 114 Å². The molecule has 1 aliphatic rings. The van der Waals surface area contributed by atoms with Gasteiger partial charge >= 0.3 is 0 Å². The highest BCUT2D eigenvalue weighted by atomic mass is 79.9. The summed E-state index contributed by atoms with van der Waals surface area (Å²) in [5.74, 6) is 0.0880. The zero-order valence-corrected chi connectivity index (χ0v) is 11.8. The third-order valence-corrected chi connectivity index (χ3v) is 3.79. The van der Waals surface area contributed by atoms with Gasteiger partial charge in [-0.05, 0) is 66.0 Å². The molecule has 1 aromatic carbocycles. The number of hydrogen-bond acceptors (Lipinski definition) is 2. The summed E-state index contributed by atoms with van der Waals surface area (Å²) in [6.07, 6.45) is 1.56. The molecule has 5 heteroatoms. The van der Waals surface area contributed by atoms with Crippen LogP contribution in [0.15, 0.2) is 16.6 Å². The lowest BCUT2D eigenvalue weighted by atomic mass is 10.0. The van der Waals surface area contributed by atoms with Crippen molar-refractivity contribution in [3.05, 3.63) is 28.0 Å². The van der Waals surface area contributed by atoms with Crippen molar-refractivity contribution in [3.8, 4) is 0 Å². The Balaban J connectivity index is 2.00. The maximum Gasteiger partial charge on any atom is 0.224 e. The Morgan fingerprint density at radius 1 is 1.61 bits per heavy atom. The van der Waals surface area contributed by atoms with E-state index < -0.39 is 0 Å². The summed E-state index contributed by atoms with van der Waals surface area (Å²) in [6, 6.07) is 3.02. The van der Waals surface area contributed by atoms with Gasteiger partial charge < -0.3 is 10.6 Å². The molecule has 2 rings (SSSR count). The first-order valence-corrected chi connectivity index (χ1v) is 6.82. The summed E-state index contributed by atoms with van der Waals surface area (Å²) in [7, 11) is 0. The molecule has 0 saturated carbocycles. The number of anilines is 1. The summed E-state index contributed by atoms with van der Waals surface area (Å²) in [4.78, 5) is 11.9. The van der Waals surface area contributed by atoms with E-state index in [4.69, 9.17) is 0 Å². The Kier molecular flexibility index (Phi) is 4.35. The second-order valence-corrected chi connectivity index (χ2v) is 5.55. The van der Waals surface area contributed by atoms with Gasteiger partial charge in [0.2, 0.25) is 5.91 Å². The molecule has 1 aliphatic heterocycles. The molecule has 1 saturated heterocycles. The minimum atomic E-state index is -0.314. The van der Waals surface area contributed by atoms with Gasteiger partial charge in [0.1, 0.15) is 5.82 Å². The third-order valence-electron chi connectivity index (χ3n) is 3.18. The fraction of sp³-hybridized carbons (Fsp3) is 0.462. The molecule has 98 valence electrons. The van der Waals surface area contributed by atoms with E-state index >= 15 is 0 Å². The Morgan fingerprint density at radius 2 is 2.39 bits per heavy atom. The van der Waals surface area contributed by atoms with Crippen LogP contribution in [0.5, 0.6) is 0 Å². The zero-order chi connectivity index (χ0) is 13.1. The van der Waals surface area contributed by atoms with E-state index in [0.717, 1.165) is 25.1 Å². The standard InChI is InChI=1S/C13H16BrFN2O/c1-8-4-11(15)10(14)6-12(8)17-13(18)5-9-2-3-16-7-9/h4,6,9,16H,2-3,5,7H2,1H3,(H,17,18). The van der Waals surface area contributed by atoms with Crippen molar-refractivity contribution in [3.63, 3.8) is 0 Å². The molecule has 0 aromatic heterocycles. The molecule has 0 aliphatic carbocycles. The fourth-order valence-electron chi connectivity index (χ4n) is 2.13. The lowest BCUT2D eigenvalue weighted by Gasteiger charge is -2.12. The molecule has 18 heavy (non-hydrogen) atoms. The van der Waals surface area contributed by atoms with E-state index in [1.165, 1.54) is 6.07 Å². The number of amides is 1. The first-order chi connectivity index (χ1) is 8.56. The van der Waals surface area contributed by atoms with Crippen molar-refractivity contribution in [1.82, 2.24) is 5.32 Å². The summed E-state index contributed by atoms with van der Waals surface area (Å²) in [6.45, 7) is 3.67. The number of aryl methyl sites for hydroxylation is 1. The lowest BCUT2D eigenvalue weighted by Crippen LogP contribution is -2.18. The number of carbonyl (C=O) groups excluding carboxylic acids is 1. The minimum absolute atomic E-state index is 0.00897. The number of rotatable bonds is 3. The molecular formula is C13H16BrFN2O. The van der Waals surface area contributed by atoms with E-state index in [-0.39, 0.29) is 11.7 Å². The molecule has 0 radical (unpaired) electrons. The van der Waals surface area contributed by atoms with Crippen molar-refractivity contribution in [2.75, 3.05) is 18.4 Å². The van der Waals surface area contributed by atoms with E-state index in [2.05, 4.69) is 26.6 Å². The van der Waals surface area contributed by atoms with Gasteiger partial charge in [0.05, 0.1) is 4.47 Å². The van der Waals surface area contributed by atoms with Crippen LogP contribution in [0.25, 0.3) is 0 Å². The van der Waals surface area contributed by atoms with E-state index in [9.17, 15) is 9.18 Å². The van der Waals surface area contributed by atoms with E-state index in [1.807, 2.05) is 0 Å². The summed E-state index contributed by atoms with van der Waals surface area (Å²) in [5.41, 5.74) is 1.40. The van der Waals surface area contributed by atoms with E-state index in [0.29, 0.717) is 22.5 Å². The Bertz CT molecular complexity index is 459. The van der Waals surface area contributed by atoms with Gasteiger partial charge in [-0.2, -0.15) is 0 Å². The number of carbonyl (C=O) groups is 1. The van der Waals surface area contributed by atoms with Crippen LogP contribution in [0.2, 0.25) is 0 Å². The number of halogens is 2. The first-order valence-electron chi connectivity index (χ1n) is 6.02. The lowest BCUT2D eigenvalue weighted by molar-refractivity contribution is -0.116. The monoisotopic (exact) mass is 314 g/mol. The van der Waals surface area contributed by atoms with Crippen molar-refractivity contribution >= 4 is 27.5 Å². The summed E-state index contributed by atoms with van der Waals surface area (Å²) < 4.78 is 13.6. The maximum absolute atomic E-state index is 13.3. The second kappa shape index (κ2) is 5.80. The highest BCUT2D eigenvalue weighted by Crippen LogP contribution is 2.24. The average molecular weight is 315 g/mol. The quantitative estimate of drug-likeness (QED) is 0.900. The van der Waals surface area contributed by atoms with Crippen LogP contribution in [0, 0.1) is 18.7 Å². The van der Waals surface area contributed by atoms with Gasteiger partial charge in [0.25, 0.3) is 0 Å². The van der Waals surface area contributed by atoms with Crippen LogP contribution < -0.4 is 10.6 Å². The van der Waals surface area contributed by atoms with Crippen LogP contribution in [0.1, 0.15) is 18.4 Å². The van der Waals surface area contributed by atoms with Gasteiger partial charge in [0.15, 0.2) is 0 Å². The van der Waals surface area contributed by atoms with Crippen molar-refractivity contribution in [2.24, 2.45) is 5.92 Å². The second-order valence-electron chi connectivity index (χ2n) is 4.69. The van der Waals surface area contributed by atoms with Gasteiger partial charge in [-0.1, -0.05) is 0 Å². The van der Waals surface area contributed by atoms with Crippen LogP contribution in [0.3, 0.4) is 0 Å². The highest BCUT2D eigenvalue weighted by Gasteiger charge is 2.18. The first kappa shape index (κ1) is 13.5. The van der Waals surface area contributed by atoms with Crippen molar-refractivity contribution < 1.29 is 9.18 Å². The van der Waals surface area contributed by atoms with Crippen LogP contribution in [0.4, 0.5) is 10.1 Å². The van der Waals surface area contributed by atoms with Gasteiger partial charge in [0, 0.05) is 12.1 Å². The number of benzene rings is 1. The third kappa shape index (κ3) is 3.29. The largest absolute Gasteiger partial charge is 0.326 e. The molecule has 3 nitrogen and oxygen atoms in total. The summed E-state index contributed by atoms with van der Waals surface area (Å²) >= 11 is 3.12. The molecule has 1 atom stereocenters. The van der Waals surface area contributed by atoms with Crippen molar-refractivity contribution in [1.29, 1.82) is 0 Å². The molecule has 1 heterocycles. The van der Waals surface area contributed by atoms with Crippen molar-refractivity contribution in [2.45, 2.75) is 19.8 Å².